The van der Waals surface area contributed by atoms with Gasteiger partial charge in [-0.25, -0.2) is 0 Å². The van der Waals surface area contributed by atoms with Gasteiger partial charge in [0.05, 0.1) is 12.2 Å². The summed E-state index contributed by atoms with van der Waals surface area (Å²) in [7, 11) is 0. The highest BCUT2D eigenvalue weighted by atomic mass is 79.9. The van der Waals surface area contributed by atoms with Gasteiger partial charge >= 0.3 is 0 Å². The SMILES string of the molecule is CC1=C2C(=O)[C@H]3[C@@H](CC=C4C[C@@H](O)CC[C@@]43C)[C@@H]2CC[C@@]1(C)[C@H](C)[C@H]1[C@H](O)C[C@H](C)CN1CCBr. The molecule has 0 spiro atoms. The van der Waals surface area contributed by atoms with E-state index >= 15 is 0 Å². The second kappa shape index (κ2) is 9.36. The van der Waals surface area contributed by atoms with Gasteiger partial charge in [-0.2, -0.15) is 0 Å². The molecule has 3 fully saturated rings. The summed E-state index contributed by atoms with van der Waals surface area (Å²) in [6.45, 7) is 13.5. The Hall–Kier alpha value is -0.490. The lowest BCUT2D eigenvalue weighted by Crippen LogP contribution is -2.58. The van der Waals surface area contributed by atoms with Gasteiger partial charge in [0.1, 0.15) is 0 Å². The Balaban J connectivity index is 1.49. The first-order valence-electron chi connectivity index (χ1n) is 14.1. The molecule has 5 heteroatoms. The predicted octanol–water partition coefficient (Wildman–Crippen LogP) is 5.52. The molecule has 0 bridgehead atoms. The van der Waals surface area contributed by atoms with Gasteiger partial charge in [0.25, 0.3) is 0 Å². The molecule has 0 amide bonds. The van der Waals surface area contributed by atoms with Gasteiger partial charge in [-0.1, -0.05) is 60.8 Å². The van der Waals surface area contributed by atoms with Crippen molar-refractivity contribution in [3.8, 4) is 0 Å². The second-order valence-electron chi connectivity index (χ2n) is 13.3. The van der Waals surface area contributed by atoms with E-state index in [4.69, 9.17) is 0 Å². The van der Waals surface area contributed by atoms with Gasteiger partial charge in [-0.05, 0) is 91.9 Å². The third-order valence-corrected chi connectivity index (χ3v) is 11.9. The van der Waals surface area contributed by atoms with Crippen molar-refractivity contribution in [2.45, 2.75) is 97.8 Å². The normalized spacial score (nSPS) is 47.1. The highest BCUT2D eigenvalue weighted by molar-refractivity contribution is 9.09. The van der Waals surface area contributed by atoms with E-state index in [1.165, 1.54) is 11.1 Å². The van der Waals surface area contributed by atoms with Crippen LogP contribution in [0.3, 0.4) is 0 Å². The van der Waals surface area contributed by atoms with Crippen molar-refractivity contribution >= 4 is 21.7 Å². The van der Waals surface area contributed by atoms with Gasteiger partial charge < -0.3 is 10.2 Å². The molecule has 0 aromatic heterocycles. The number of carbonyl (C=O) groups excluding carboxylic acids is 1. The number of likely N-dealkylation sites (tertiary alicyclic amines) is 1. The van der Waals surface area contributed by atoms with Crippen LogP contribution in [0, 0.1) is 40.4 Å². The minimum absolute atomic E-state index is 0.0774. The van der Waals surface area contributed by atoms with E-state index in [0.717, 1.165) is 68.9 Å². The minimum Gasteiger partial charge on any atom is -0.393 e. The average molecular weight is 549 g/mol. The summed E-state index contributed by atoms with van der Waals surface area (Å²) in [6.07, 6.45) is 8.33. The maximum Gasteiger partial charge on any atom is 0.163 e. The maximum absolute atomic E-state index is 14.3. The van der Waals surface area contributed by atoms with Crippen LogP contribution in [0.5, 0.6) is 0 Å². The standard InChI is InChI=1S/C30H46BrNO3/c1-17-14-24(34)27(32(16-17)13-12-31)19(3)29(4)11-9-22-23-7-6-20-15-21(33)8-10-30(20,5)26(23)28(35)25(22)18(29)2/h6,17,19,21-24,26-27,33-34H,7-16H2,1-5H3/t17-,19+,21-,22-,23-,24+,26+,27-,29+,30-/m0/s1. The van der Waals surface area contributed by atoms with E-state index in [1.807, 2.05) is 0 Å². The molecule has 0 aromatic carbocycles. The van der Waals surface area contributed by atoms with Crippen LogP contribution < -0.4 is 0 Å². The van der Waals surface area contributed by atoms with Crippen molar-refractivity contribution < 1.29 is 15.0 Å². The van der Waals surface area contributed by atoms with E-state index in [2.05, 4.69) is 61.5 Å². The lowest BCUT2D eigenvalue weighted by atomic mass is 9.56. The second-order valence-corrected chi connectivity index (χ2v) is 14.1. The Morgan fingerprint density at radius 2 is 1.97 bits per heavy atom. The fourth-order valence-electron chi connectivity index (χ4n) is 9.33. The Morgan fingerprint density at radius 3 is 2.69 bits per heavy atom. The third kappa shape index (κ3) is 3.97. The largest absolute Gasteiger partial charge is 0.393 e. The van der Waals surface area contributed by atoms with Crippen LogP contribution in [0.4, 0.5) is 0 Å². The lowest BCUT2D eigenvalue weighted by Gasteiger charge is -2.52. The maximum atomic E-state index is 14.3. The highest BCUT2D eigenvalue weighted by Crippen LogP contribution is 2.63. The van der Waals surface area contributed by atoms with Gasteiger partial charge in [0.2, 0.25) is 0 Å². The van der Waals surface area contributed by atoms with Gasteiger partial charge in [0.15, 0.2) is 5.78 Å². The van der Waals surface area contributed by atoms with E-state index in [9.17, 15) is 15.0 Å². The van der Waals surface area contributed by atoms with Crippen molar-refractivity contribution in [1.82, 2.24) is 4.90 Å². The molecule has 4 nitrogen and oxygen atoms in total. The number of hydrogen-bond donors (Lipinski definition) is 2. The van der Waals surface area contributed by atoms with E-state index in [-0.39, 0.29) is 40.9 Å². The number of halogens is 1. The molecule has 196 valence electrons. The van der Waals surface area contributed by atoms with Crippen LogP contribution >= 0.6 is 15.9 Å². The number of hydrogen-bond acceptors (Lipinski definition) is 4. The molecule has 4 aliphatic carbocycles. The van der Waals surface area contributed by atoms with Crippen LogP contribution in [0.25, 0.3) is 0 Å². The van der Waals surface area contributed by atoms with Crippen molar-refractivity contribution in [1.29, 1.82) is 0 Å². The number of aliphatic hydroxyl groups is 2. The number of fused-ring (bicyclic) bond motifs is 5. The van der Waals surface area contributed by atoms with Crippen molar-refractivity contribution in [2.75, 3.05) is 18.4 Å². The lowest BCUT2D eigenvalue weighted by molar-refractivity contribution is -0.123. The predicted molar refractivity (Wildman–Crippen MR) is 144 cm³/mol. The average Bonchev–Trinajstić information content (AvgIpc) is 3.09. The molecular formula is C30H46BrNO3. The number of aliphatic hydroxyl groups excluding tert-OH is 2. The summed E-state index contributed by atoms with van der Waals surface area (Å²) in [5, 5.41) is 22.5. The van der Waals surface area contributed by atoms with E-state index in [0.29, 0.717) is 23.5 Å². The fourth-order valence-corrected chi connectivity index (χ4v) is 9.78. The number of carbonyl (C=O) groups is 1. The van der Waals surface area contributed by atoms with Gasteiger partial charge in [-0.15, -0.1) is 0 Å². The third-order valence-electron chi connectivity index (χ3n) is 11.5. The quantitative estimate of drug-likeness (QED) is 0.359. The molecule has 5 aliphatic rings. The molecule has 0 unspecified atom stereocenters. The molecule has 10 atom stereocenters. The molecule has 1 aliphatic heterocycles. The van der Waals surface area contributed by atoms with Crippen LogP contribution in [0.1, 0.15) is 79.6 Å². The number of nitrogens with zero attached hydrogens (tertiary/aromatic N) is 1. The van der Waals surface area contributed by atoms with Crippen molar-refractivity contribution in [2.24, 2.45) is 40.4 Å². The first kappa shape index (κ1) is 26.1. The molecular weight excluding hydrogens is 502 g/mol. The summed E-state index contributed by atoms with van der Waals surface area (Å²) in [4.78, 5) is 16.8. The summed E-state index contributed by atoms with van der Waals surface area (Å²) in [5.74, 6) is 2.07. The molecule has 1 heterocycles. The van der Waals surface area contributed by atoms with Crippen LogP contribution in [-0.4, -0.2) is 57.6 Å². The molecule has 0 radical (unpaired) electrons. The first-order valence-corrected chi connectivity index (χ1v) is 15.3. The van der Waals surface area contributed by atoms with Crippen LogP contribution in [0.15, 0.2) is 22.8 Å². The van der Waals surface area contributed by atoms with Crippen molar-refractivity contribution in [3.63, 3.8) is 0 Å². The zero-order chi connectivity index (χ0) is 25.3. The smallest absolute Gasteiger partial charge is 0.163 e. The first-order chi connectivity index (χ1) is 16.5. The number of piperidine rings is 1. The van der Waals surface area contributed by atoms with Gasteiger partial charge in [0, 0.05) is 30.4 Å². The van der Waals surface area contributed by atoms with Crippen LogP contribution in [0.2, 0.25) is 0 Å². The van der Waals surface area contributed by atoms with Crippen molar-refractivity contribution in [3.05, 3.63) is 22.8 Å². The van der Waals surface area contributed by atoms with Crippen LogP contribution in [-0.2, 0) is 4.79 Å². The number of ketones is 1. The molecule has 35 heavy (non-hydrogen) atoms. The zero-order valence-electron chi connectivity index (χ0n) is 22.4. The van der Waals surface area contributed by atoms with E-state index in [1.54, 1.807) is 0 Å². The number of Topliss-reactive ketones (excluding diaryl/α,β-unsaturated/α-hetero) is 1. The summed E-state index contributed by atoms with van der Waals surface area (Å²) in [5.41, 5.74) is 3.63. The molecule has 5 rings (SSSR count). The monoisotopic (exact) mass is 547 g/mol. The number of alkyl halides is 1. The molecule has 0 aromatic rings. The summed E-state index contributed by atoms with van der Waals surface area (Å²) >= 11 is 3.64. The Morgan fingerprint density at radius 1 is 1.23 bits per heavy atom. The number of allylic oxidation sites excluding steroid dienone is 3. The Kier molecular flexibility index (Phi) is 6.99. The molecule has 2 N–H and O–H groups in total. The molecule has 1 saturated heterocycles. The fraction of sp³-hybridized carbons (Fsp3) is 0.833. The Bertz CT molecular complexity index is 929. The zero-order valence-corrected chi connectivity index (χ0v) is 24.0. The van der Waals surface area contributed by atoms with E-state index < -0.39 is 0 Å². The molecule has 2 saturated carbocycles. The minimum atomic E-state index is -0.318. The summed E-state index contributed by atoms with van der Waals surface area (Å²) < 4.78 is 0. The Labute approximate surface area is 220 Å². The highest BCUT2D eigenvalue weighted by Gasteiger charge is 2.60. The summed E-state index contributed by atoms with van der Waals surface area (Å²) in [6, 6.07) is 0.130. The number of rotatable bonds is 4. The van der Waals surface area contributed by atoms with Gasteiger partial charge in [-0.3, -0.25) is 9.69 Å². The topological polar surface area (TPSA) is 60.8 Å².